The van der Waals surface area contributed by atoms with Crippen molar-refractivity contribution in [3.8, 4) is 5.75 Å². The van der Waals surface area contributed by atoms with Gasteiger partial charge in [-0.1, -0.05) is 35.3 Å². The van der Waals surface area contributed by atoms with E-state index in [0.29, 0.717) is 22.2 Å². The van der Waals surface area contributed by atoms with Crippen LogP contribution in [0.15, 0.2) is 48.8 Å². The Labute approximate surface area is 230 Å². The first kappa shape index (κ1) is 26.1. The van der Waals surface area contributed by atoms with Crippen LogP contribution in [0.3, 0.4) is 0 Å². The molecule has 3 aliphatic carbocycles. The van der Waals surface area contributed by atoms with Crippen LogP contribution >= 0.6 is 23.2 Å². The summed E-state index contributed by atoms with van der Waals surface area (Å²) in [5, 5.41) is 1.06. The Balaban J connectivity index is 1.45. The lowest BCUT2D eigenvalue weighted by Gasteiger charge is -2.55. The third-order valence-electron chi connectivity index (χ3n) is 8.83. The van der Waals surface area contributed by atoms with Gasteiger partial charge in [0.25, 0.3) is 5.91 Å². The lowest BCUT2D eigenvalue weighted by atomic mass is 9.51. The molecule has 37 heavy (non-hydrogen) atoms. The Morgan fingerprint density at radius 3 is 2.05 bits per heavy atom. The van der Waals surface area contributed by atoms with Crippen LogP contribution in [0.5, 0.6) is 5.75 Å². The van der Waals surface area contributed by atoms with Gasteiger partial charge in [0.1, 0.15) is 5.75 Å². The highest BCUT2D eigenvalue weighted by atomic mass is 35.5. The van der Waals surface area contributed by atoms with E-state index in [4.69, 9.17) is 27.9 Å². The fourth-order valence-corrected chi connectivity index (χ4v) is 7.20. The molecule has 3 fully saturated rings. The molecule has 1 aromatic heterocycles. The molecule has 4 nitrogen and oxygen atoms in total. The van der Waals surface area contributed by atoms with Crippen LogP contribution in [0.1, 0.15) is 71.1 Å². The summed E-state index contributed by atoms with van der Waals surface area (Å²) < 4.78 is 5.62. The molecule has 0 saturated heterocycles. The molecule has 0 unspecified atom stereocenters. The number of carbonyl (C=O) groups is 1. The lowest BCUT2D eigenvalue weighted by Crippen LogP contribution is -2.50. The highest BCUT2D eigenvalue weighted by Gasteiger charge is 2.50. The fraction of sp³-hybridized carbons (Fsp3) is 0.419. The number of methoxy groups -OCH3 is 1. The third-order valence-corrected chi connectivity index (χ3v) is 9.26. The van der Waals surface area contributed by atoms with Gasteiger partial charge in [0, 0.05) is 40.2 Å². The second kappa shape index (κ2) is 9.96. The van der Waals surface area contributed by atoms with E-state index in [-0.39, 0.29) is 16.7 Å². The van der Waals surface area contributed by atoms with E-state index >= 15 is 0 Å². The number of benzene rings is 2. The number of ether oxygens (including phenoxy) is 1. The predicted molar refractivity (Wildman–Crippen MR) is 151 cm³/mol. The van der Waals surface area contributed by atoms with Gasteiger partial charge in [-0.3, -0.25) is 9.78 Å². The van der Waals surface area contributed by atoms with Gasteiger partial charge < -0.3 is 9.64 Å². The minimum absolute atomic E-state index is 0.0311. The maximum atomic E-state index is 14.0. The van der Waals surface area contributed by atoms with Crippen molar-refractivity contribution in [2.24, 2.45) is 5.41 Å². The van der Waals surface area contributed by atoms with Gasteiger partial charge in [0.2, 0.25) is 0 Å². The Bertz CT molecular complexity index is 1290. The molecule has 1 heterocycles. The van der Waals surface area contributed by atoms with Crippen molar-refractivity contribution in [2.75, 3.05) is 18.6 Å². The standard InChI is InChI=1S/C31H34Cl2N2O2/c1-20-13-23(14-21(2)28(20)37-4)31-9-6-30(7-10-31,8-11-31)19-35(26-16-24(32)15-25(33)17-26)29(36)27-5-12-34-18-22(27)3/h5,12-18H,6-11,19H2,1-4H3. The summed E-state index contributed by atoms with van der Waals surface area (Å²) in [6.07, 6.45) is 10.1. The molecule has 3 saturated carbocycles. The second-order valence-electron chi connectivity index (χ2n) is 11.1. The van der Waals surface area contributed by atoms with E-state index < -0.39 is 0 Å². The number of aryl methyl sites for hydroxylation is 3. The largest absolute Gasteiger partial charge is 0.496 e. The summed E-state index contributed by atoms with van der Waals surface area (Å²) in [5.41, 5.74) is 6.40. The highest BCUT2D eigenvalue weighted by molar-refractivity contribution is 6.35. The molecule has 0 aliphatic heterocycles. The van der Waals surface area contributed by atoms with E-state index in [1.165, 1.54) is 16.7 Å². The molecule has 2 aromatic carbocycles. The SMILES string of the molecule is COc1c(C)cc(C23CCC(CN(C(=O)c4ccncc4C)c4cc(Cl)cc(Cl)c4)(CC2)CC3)cc1C. The number of hydrogen-bond donors (Lipinski definition) is 0. The summed E-state index contributed by atoms with van der Waals surface area (Å²) in [4.78, 5) is 20.0. The molecule has 3 aliphatic rings. The first-order chi connectivity index (χ1) is 17.7. The van der Waals surface area contributed by atoms with Crippen molar-refractivity contribution in [3.05, 3.63) is 86.7 Å². The van der Waals surface area contributed by atoms with Crippen molar-refractivity contribution in [1.29, 1.82) is 0 Å². The first-order valence-electron chi connectivity index (χ1n) is 13.0. The minimum atomic E-state index is -0.0311. The first-order valence-corrected chi connectivity index (χ1v) is 13.8. The molecule has 3 aromatic rings. The Morgan fingerprint density at radius 2 is 1.51 bits per heavy atom. The predicted octanol–water partition coefficient (Wildman–Crippen LogP) is 8.26. The van der Waals surface area contributed by atoms with Gasteiger partial charge in [-0.2, -0.15) is 0 Å². The average molecular weight is 538 g/mol. The molecule has 0 N–H and O–H groups in total. The van der Waals surface area contributed by atoms with Gasteiger partial charge in [0.15, 0.2) is 0 Å². The maximum Gasteiger partial charge on any atom is 0.258 e. The van der Waals surface area contributed by atoms with Crippen molar-refractivity contribution in [1.82, 2.24) is 4.98 Å². The summed E-state index contributed by atoms with van der Waals surface area (Å²) in [6, 6.07) is 11.9. The number of fused-ring (bicyclic) bond motifs is 3. The Morgan fingerprint density at radius 1 is 0.919 bits per heavy atom. The molecule has 6 rings (SSSR count). The van der Waals surface area contributed by atoms with Crippen LogP contribution in [-0.2, 0) is 5.41 Å². The summed E-state index contributed by atoms with van der Waals surface area (Å²) >= 11 is 12.8. The van der Waals surface area contributed by atoms with Crippen molar-refractivity contribution in [2.45, 2.75) is 64.7 Å². The van der Waals surface area contributed by atoms with E-state index in [0.717, 1.165) is 55.5 Å². The minimum Gasteiger partial charge on any atom is -0.496 e. The zero-order valence-electron chi connectivity index (χ0n) is 22.0. The molecule has 1 amide bonds. The van der Waals surface area contributed by atoms with Crippen LogP contribution in [-0.4, -0.2) is 24.5 Å². The van der Waals surface area contributed by atoms with Crippen LogP contribution < -0.4 is 9.64 Å². The summed E-state index contributed by atoms with van der Waals surface area (Å²) in [6.45, 7) is 6.86. The molecular formula is C31H34Cl2N2O2. The normalized spacial score (nSPS) is 22.6. The van der Waals surface area contributed by atoms with E-state index in [1.54, 1.807) is 31.6 Å². The number of rotatable bonds is 6. The van der Waals surface area contributed by atoms with E-state index in [9.17, 15) is 4.79 Å². The smallest absolute Gasteiger partial charge is 0.258 e. The molecule has 0 atom stereocenters. The molecule has 0 radical (unpaired) electrons. The zero-order valence-corrected chi connectivity index (χ0v) is 23.5. The topological polar surface area (TPSA) is 42.4 Å². The summed E-state index contributed by atoms with van der Waals surface area (Å²) in [5.74, 6) is 0.957. The fourth-order valence-electron chi connectivity index (χ4n) is 6.68. The number of amides is 1. The number of aromatic nitrogens is 1. The molecule has 0 spiro atoms. The Kier molecular flexibility index (Phi) is 7.02. The van der Waals surface area contributed by atoms with Crippen LogP contribution in [0, 0.1) is 26.2 Å². The van der Waals surface area contributed by atoms with Gasteiger partial charge in [-0.25, -0.2) is 0 Å². The Hall–Kier alpha value is -2.56. The number of anilines is 1. The van der Waals surface area contributed by atoms with Gasteiger partial charge in [0.05, 0.1) is 7.11 Å². The number of pyridine rings is 1. The van der Waals surface area contributed by atoms with Crippen LogP contribution in [0.25, 0.3) is 0 Å². The van der Waals surface area contributed by atoms with Gasteiger partial charge in [-0.15, -0.1) is 0 Å². The monoisotopic (exact) mass is 536 g/mol. The second-order valence-corrected chi connectivity index (χ2v) is 12.0. The van der Waals surface area contributed by atoms with E-state index in [2.05, 4.69) is 31.0 Å². The van der Waals surface area contributed by atoms with Crippen LogP contribution in [0.2, 0.25) is 10.0 Å². The van der Waals surface area contributed by atoms with E-state index in [1.807, 2.05) is 24.0 Å². The van der Waals surface area contributed by atoms with Gasteiger partial charge in [-0.05, 0) is 117 Å². The quantitative estimate of drug-likeness (QED) is 0.318. The number of hydrogen-bond acceptors (Lipinski definition) is 3. The number of halogens is 2. The molecule has 6 heteroatoms. The highest BCUT2D eigenvalue weighted by Crippen LogP contribution is 2.58. The molecular weight excluding hydrogens is 503 g/mol. The van der Waals surface area contributed by atoms with Crippen molar-refractivity contribution < 1.29 is 9.53 Å². The third kappa shape index (κ3) is 4.86. The van der Waals surface area contributed by atoms with Crippen molar-refractivity contribution in [3.63, 3.8) is 0 Å². The number of carbonyl (C=O) groups excluding carboxylic acids is 1. The van der Waals surface area contributed by atoms with Crippen LogP contribution in [0.4, 0.5) is 5.69 Å². The van der Waals surface area contributed by atoms with Crippen molar-refractivity contribution >= 4 is 34.8 Å². The average Bonchev–Trinajstić information content (AvgIpc) is 2.87. The lowest BCUT2D eigenvalue weighted by molar-refractivity contribution is 0.0441. The molecule has 2 bridgehead atoms. The maximum absolute atomic E-state index is 14.0. The van der Waals surface area contributed by atoms with Gasteiger partial charge >= 0.3 is 0 Å². The number of nitrogens with zero attached hydrogens (tertiary/aromatic N) is 2. The molecule has 194 valence electrons. The zero-order chi connectivity index (χ0) is 26.4. The summed E-state index contributed by atoms with van der Waals surface area (Å²) in [7, 11) is 1.75.